The van der Waals surface area contributed by atoms with E-state index in [9.17, 15) is 0 Å². The molecule has 0 saturated heterocycles. The molecule has 2 aromatic carbocycles. The van der Waals surface area contributed by atoms with Gasteiger partial charge in [-0.05, 0) is 29.7 Å². The van der Waals surface area contributed by atoms with Gasteiger partial charge in [0.25, 0.3) is 0 Å². The molecule has 96 valence electrons. The van der Waals surface area contributed by atoms with Crippen molar-refractivity contribution in [2.75, 3.05) is 0 Å². The molecule has 3 heteroatoms. The van der Waals surface area contributed by atoms with Gasteiger partial charge >= 0.3 is 0 Å². The Labute approximate surface area is 112 Å². The van der Waals surface area contributed by atoms with E-state index in [0.29, 0.717) is 6.54 Å². The molecule has 0 aliphatic heterocycles. The topological polar surface area (TPSA) is 54.7 Å². The molecule has 0 saturated carbocycles. The summed E-state index contributed by atoms with van der Waals surface area (Å²) in [7, 11) is 0. The Morgan fingerprint density at radius 3 is 2.47 bits per heavy atom. The van der Waals surface area contributed by atoms with Gasteiger partial charge in [-0.2, -0.15) is 0 Å². The summed E-state index contributed by atoms with van der Waals surface area (Å²) in [5.41, 5.74) is 11.3. The number of hydrogen-bond acceptors (Lipinski definition) is 2. The number of benzene rings is 2. The zero-order valence-electron chi connectivity index (χ0n) is 11.0. The number of imidazole rings is 1. The Hall–Kier alpha value is -2.13. The highest BCUT2D eigenvalue weighted by Gasteiger charge is 2.05. The largest absolute Gasteiger partial charge is 0.338 e. The number of rotatable bonds is 3. The van der Waals surface area contributed by atoms with Crippen LogP contribution >= 0.6 is 0 Å². The lowest BCUT2D eigenvalue weighted by Gasteiger charge is -1.98. The maximum atomic E-state index is 5.61. The van der Waals surface area contributed by atoms with E-state index >= 15 is 0 Å². The summed E-state index contributed by atoms with van der Waals surface area (Å²) >= 11 is 0. The van der Waals surface area contributed by atoms with Crippen molar-refractivity contribution in [1.29, 1.82) is 0 Å². The Kier molecular flexibility index (Phi) is 3.05. The van der Waals surface area contributed by atoms with Crippen molar-refractivity contribution >= 4 is 11.0 Å². The van der Waals surface area contributed by atoms with Gasteiger partial charge in [-0.15, -0.1) is 0 Å². The van der Waals surface area contributed by atoms with Crippen molar-refractivity contribution in [2.24, 2.45) is 5.73 Å². The van der Waals surface area contributed by atoms with Crippen LogP contribution in [0.1, 0.15) is 18.1 Å². The minimum Gasteiger partial charge on any atom is -0.338 e. The van der Waals surface area contributed by atoms with Gasteiger partial charge in [0.15, 0.2) is 0 Å². The lowest BCUT2D eigenvalue weighted by Crippen LogP contribution is -1.95. The summed E-state index contributed by atoms with van der Waals surface area (Å²) < 4.78 is 0. The van der Waals surface area contributed by atoms with Gasteiger partial charge in [0, 0.05) is 12.1 Å². The first-order valence-corrected chi connectivity index (χ1v) is 6.58. The molecule has 0 spiro atoms. The summed E-state index contributed by atoms with van der Waals surface area (Å²) in [6, 6.07) is 14.6. The number of nitrogens with zero attached hydrogens (tertiary/aromatic N) is 1. The third kappa shape index (κ3) is 2.25. The Morgan fingerprint density at radius 2 is 1.79 bits per heavy atom. The van der Waals surface area contributed by atoms with Crippen LogP contribution in [0, 0.1) is 0 Å². The molecule has 0 fully saturated rings. The normalized spacial score (nSPS) is 11.1. The molecule has 0 aliphatic rings. The van der Waals surface area contributed by atoms with Crippen LogP contribution in [-0.4, -0.2) is 9.97 Å². The molecule has 0 amide bonds. The van der Waals surface area contributed by atoms with Crippen molar-refractivity contribution in [2.45, 2.75) is 19.9 Å². The summed E-state index contributed by atoms with van der Waals surface area (Å²) in [6.45, 7) is 2.73. The van der Waals surface area contributed by atoms with Crippen molar-refractivity contribution in [3.8, 4) is 11.4 Å². The third-order valence-electron chi connectivity index (χ3n) is 3.42. The van der Waals surface area contributed by atoms with Crippen molar-refractivity contribution in [3.63, 3.8) is 0 Å². The highest BCUT2D eigenvalue weighted by Crippen LogP contribution is 2.21. The third-order valence-corrected chi connectivity index (χ3v) is 3.42. The highest BCUT2D eigenvalue weighted by molar-refractivity contribution is 5.80. The van der Waals surface area contributed by atoms with E-state index in [1.807, 2.05) is 12.1 Å². The first kappa shape index (κ1) is 11.9. The molecular weight excluding hydrogens is 234 g/mol. The van der Waals surface area contributed by atoms with Crippen LogP contribution in [0.4, 0.5) is 0 Å². The van der Waals surface area contributed by atoms with Crippen LogP contribution in [-0.2, 0) is 13.0 Å². The molecule has 3 rings (SSSR count). The maximum absolute atomic E-state index is 5.61. The fraction of sp³-hybridized carbons (Fsp3) is 0.188. The van der Waals surface area contributed by atoms with E-state index in [2.05, 4.69) is 47.2 Å². The van der Waals surface area contributed by atoms with Crippen molar-refractivity contribution in [3.05, 3.63) is 53.6 Å². The molecule has 0 bridgehead atoms. The molecule has 0 radical (unpaired) electrons. The predicted molar refractivity (Wildman–Crippen MR) is 78.8 cm³/mol. The number of aryl methyl sites for hydroxylation is 1. The summed E-state index contributed by atoms with van der Waals surface area (Å²) in [5.74, 6) is 0.909. The molecule has 0 atom stereocenters. The number of fused-ring (bicyclic) bond motifs is 1. The number of aromatic amines is 1. The fourth-order valence-electron chi connectivity index (χ4n) is 2.21. The second-order valence-corrected chi connectivity index (χ2v) is 4.69. The lowest BCUT2D eigenvalue weighted by molar-refractivity contribution is 1.07. The minimum absolute atomic E-state index is 0.570. The SMILES string of the molecule is CCc1ccc2nc(-c3ccc(CN)cc3)[nH]c2c1. The van der Waals surface area contributed by atoms with E-state index in [0.717, 1.165) is 34.4 Å². The smallest absolute Gasteiger partial charge is 0.138 e. The van der Waals surface area contributed by atoms with E-state index in [-0.39, 0.29) is 0 Å². The fourth-order valence-corrected chi connectivity index (χ4v) is 2.21. The first-order valence-electron chi connectivity index (χ1n) is 6.58. The van der Waals surface area contributed by atoms with Gasteiger partial charge in [-0.25, -0.2) is 4.98 Å². The number of hydrogen-bond donors (Lipinski definition) is 2. The molecule has 3 N–H and O–H groups in total. The second-order valence-electron chi connectivity index (χ2n) is 4.69. The Morgan fingerprint density at radius 1 is 1.05 bits per heavy atom. The zero-order chi connectivity index (χ0) is 13.2. The van der Waals surface area contributed by atoms with E-state index < -0.39 is 0 Å². The molecule has 1 aromatic heterocycles. The predicted octanol–water partition coefficient (Wildman–Crippen LogP) is 3.25. The average Bonchev–Trinajstić information content (AvgIpc) is 2.90. The van der Waals surface area contributed by atoms with Gasteiger partial charge in [0.2, 0.25) is 0 Å². The molecule has 19 heavy (non-hydrogen) atoms. The van der Waals surface area contributed by atoms with Crippen LogP contribution < -0.4 is 5.73 Å². The van der Waals surface area contributed by atoms with E-state index in [4.69, 9.17) is 5.73 Å². The molecular formula is C16H17N3. The molecule has 3 nitrogen and oxygen atoms in total. The maximum Gasteiger partial charge on any atom is 0.138 e. The summed E-state index contributed by atoms with van der Waals surface area (Å²) in [6.07, 6.45) is 1.04. The standard InChI is InChI=1S/C16H17N3/c1-2-11-5-8-14-15(9-11)19-16(18-14)13-6-3-12(10-17)4-7-13/h3-9H,2,10,17H2,1H3,(H,18,19). The van der Waals surface area contributed by atoms with Crippen LogP contribution in [0.25, 0.3) is 22.4 Å². The molecule has 0 aliphatic carbocycles. The van der Waals surface area contributed by atoms with Crippen LogP contribution in [0.2, 0.25) is 0 Å². The number of H-pyrrole nitrogens is 1. The van der Waals surface area contributed by atoms with Gasteiger partial charge < -0.3 is 10.7 Å². The van der Waals surface area contributed by atoms with Crippen molar-refractivity contribution in [1.82, 2.24) is 9.97 Å². The van der Waals surface area contributed by atoms with Gasteiger partial charge in [-0.1, -0.05) is 37.3 Å². The number of aromatic nitrogens is 2. The summed E-state index contributed by atoms with van der Waals surface area (Å²) in [4.78, 5) is 8.01. The average molecular weight is 251 g/mol. The zero-order valence-corrected chi connectivity index (χ0v) is 11.0. The quantitative estimate of drug-likeness (QED) is 0.750. The van der Waals surface area contributed by atoms with Gasteiger partial charge in [0.05, 0.1) is 11.0 Å². The highest BCUT2D eigenvalue weighted by atomic mass is 14.9. The van der Waals surface area contributed by atoms with E-state index in [1.165, 1.54) is 5.56 Å². The van der Waals surface area contributed by atoms with E-state index in [1.54, 1.807) is 0 Å². The minimum atomic E-state index is 0.570. The van der Waals surface area contributed by atoms with Gasteiger partial charge in [0.1, 0.15) is 5.82 Å². The molecule has 1 heterocycles. The van der Waals surface area contributed by atoms with Crippen LogP contribution in [0.3, 0.4) is 0 Å². The Balaban J connectivity index is 2.04. The molecule has 0 unspecified atom stereocenters. The Bertz CT molecular complexity index is 696. The number of nitrogens with two attached hydrogens (primary N) is 1. The second kappa shape index (κ2) is 4.86. The lowest BCUT2D eigenvalue weighted by atomic mass is 10.1. The van der Waals surface area contributed by atoms with Crippen LogP contribution in [0.15, 0.2) is 42.5 Å². The van der Waals surface area contributed by atoms with Crippen LogP contribution in [0.5, 0.6) is 0 Å². The summed E-state index contributed by atoms with van der Waals surface area (Å²) in [5, 5.41) is 0. The van der Waals surface area contributed by atoms with Gasteiger partial charge in [-0.3, -0.25) is 0 Å². The molecule has 3 aromatic rings. The first-order chi connectivity index (χ1) is 9.30. The number of nitrogens with one attached hydrogen (secondary N) is 1. The monoisotopic (exact) mass is 251 g/mol. The van der Waals surface area contributed by atoms with Crippen molar-refractivity contribution < 1.29 is 0 Å².